The first-order chi connectivity index (χ1) is 8.24. The van der Waals surface area contributed by atoms with Crippen molar-refractivity contribution < 1.29 is 0 Å². The lowest BCUT2D eigenvalue weighted by atomic mass is 10.1. The quantitative estimate of drug-likeness (QED) is 0.807. The van der Waals surface area contributed by atoms with Crippen molar-refractivity contribution in [3.05, 3.63) is 46.2 Å². The van der Waals surface area contributed by atoms with Crippen LogP contribution in [-0.2, 0) is 0 Å². The molecule has 86 valence electrons. The number of hydrogen-bond acceptors (Lipinski definition) is 2. The maximum atomic E-state index is 5.25. The van der Waals surface area contributed by atoms with Crippen LogP contribution in [0, 0.1) is 11.6 Å². The van der Waals surface area contributed by atoms with E-state index in [1.54, 1.807) is 0 Å². The minimum atomic E-state index is 0.669. The van der Waals surface area contributed by atoms with Gasteiger partial charge >= 0.3 is 0 Å². The van der Waals surface area contributed by atoms with Gasteiger partial charge in [-0.3, -0.25) is 0 Å². The van der Waals surface area contributed by atoms with Crippen molar-refractivity contribution in [2.45, 2.75) is 25.7 Å². The Morgan fingerprint density at radius 1 is 1.29 bits per heavy atom. The maximum Gasteiger partial charge on any atom is 0.139 e. The van der Waals surface area contributed by atoms with Gasteiger partial charge in [-0.05, 0) is 37.3 Å². The number of nitrogens with one attached hydrogen (secondary N) is 1. The summed E-state index contributed by atoms with van der Waals surface area (Å²) < 4.78 is 0.684. The van der Waals surface area contributed by atoms with Crippen LogP contribution >= 0.6 is 12.2 Å². The summed E-state index contributed by atoms with van der Waals surface area (Å²) in [5.74, 6) is 1.57. The number of H-pyrrole nitrogens is 1. The van der Waals surface area contributed by atoms with Gasteiger partial charge in [0.2, 0.25) is 0 Å². The molecular formula is C14H14N2S. The van der Waals surface area contributed by atoms with Crippen LogP contribution in [0.3, 0.4) is 0 Å². The average Bonchev–Trinajstić information content (AvgIpc) is 3.12. The van der Waals surface area contributed by atoms with Crippen LogP contribution in [0.25, 0.3) is 11.4 Å². The molecule has 3 rings (SSSR count). The number of rotatable bonds is 2. The van der Waals surface area contributed by atoms with Gasteiger partial charge in [0.05, 0.1) is 0 Å². The number of aromatic nitrogens is 2. The molecule has 1 N–H and O–H groups in total. The molecule has 1 saturated carbocycles. The Morgan fingerprint density at radius 2 is 2.06 bits per heavy atom. The highest BCUT2D eigenvalue weighted by molar-refractivity contribution is 7.71. The van der Waals surface area contributed by atoms with E-state index in [2.05, 4.69) is 29.0 Å². The molecule has 1 aliphatic carbocycles. The standard InChI is InChI=1S/C14H14N2S/c1-9-4-2-3-5-11(9)14-15-12(10-6-7-10)8-13(17)16-14/h2-5,8,10H,6-7H2,1H3,(H,15,16,17). The predicted molar refractivity (Wildman–Crippen MR) is 71.6 cm³/mol. The molecule has 1 fully saturated rings. The van der Waals surface area contributed by atoms with Gasteiger partial charge in [-0.1, -0.05) is 36.5 Å². The Kier molecular flexibility index (Phi) is 2.56. The monoisotopic (exact) mass is 242 g/mol. The van der Waals surface area contributed by atoms with Crippen molar-refractivity contribution in [2.75, 3.05) is 0 Å². The van der Waals surface area contributed by atoms with Crippen molar-refractivity contribution >= 4 is 12.2 Å². The first-order valence-electron chi connectivity index (χ1n) is 5.91. The summed E-state index contributed by atoms with van der Waals surface area (Å²) in [5, 5.41) is 0. The second kappa shape index (κ2) is 4.08. The van der Waals surface area contributed by atoms with E-state index in [0.29, 0.717) is 10.6 Å². The van der Waals surface area contributed by atoms with Gasteiger partial charge in [0.15, 0.2) is 0 Å². The molecule has 1 aromatic carbocycles. The molecule has 0 spiro atoms. The van der Waals surface area contributed by atoms with Gasteiger partial charge < -0.3 is 4.98 Å². The van der Waals surface area contributed by atoms with Crippen LogP contribution in [0.5, 0.6) is 0 Å². The third kappa shape index (κ3) is 2.15. The molecule has 0 saturated heterocycles. The molecule has 0 amide bonds. The minimum absolute atomic E-state index is 0.669. The highest BCUT2D eigenvalue weighted by Crippen LogP contribution is 2.39. The molecule has 17 heavy (non-hydrogen) atoms. The van der Waals surface area contributed by atoms with Crippen LogP contribution in [-0.4, -0.2) is 9.97 Å². The van der Waals surface area contributed by atoms with Crippen molar-refractivity contribution in [1.29, 1.82) is 0 Å². The van der Waals surface area contributed by atoms with E-state index < -0.39 is 0 Å². The van der Waals surface area contributed by atoms with Crippen LogP contribution in [0.4, 0.5) is 0 Å². The minimum Gasteiger partial charge on any atom is -0.343 e. The SMILES string of the molecule is Cc1ccccc1-c1nc(=S)cc(C2CC2)[nH]1. The third-order valence-corrected chi connectivity index (χ3v) is 3.39. The number of aryl methyl sites for hydroxylation is 1. The van der Waals surface area contributed by atoms with Crippen LogP contribution < -0.4 is 0 Å². The molecule has 0 aliphatic heterocycles. The maximum absolute atomic E-state index is 5.25. The molecule has 0 bridgehead atoms. The van der Waals surface area contributed by atoms with Gasteiger partial charge in [0.25, 0.3) is 0 Å². The Hall–Kier alpha value is -1.48. The van der Waals surface area contributed by atoms with Crippen LogP contribution in [0.1, 0.15) is 30.0 Å². The fraction of sp³-hybridized carbons (Fsp3) is 0.286. The van der Waals surface area contributed by atoms with Crippen molar-refractivity contribution in [1.82, 2.24) is 9.97 Å². The molecule has 1 aliphatic rings. The van der Waals surface area contributed by atoms with E-state index in [9.17, 15) is 0 Å². The smallest absolute Gasteiger partial charge is 0.139 e. The zero-order valence-electron chi connectivity index (χ0n) is 9.73. The lowest BCUT2D eigenvalue weighted by Gasteiger charge is -2.07. The van der Waals surface area contributed by atoms with E-state index >= 15 is 0 Å². The highest BCUT2D eigenvalue weighted by atomic mass is 32.1. The Balaban J connectivity index is 2.14. The largest absolute Gasteiger partial charge is 0.343 e. The lowest BCUT2D eigenvalue weighted by molar-refractivity contribution is 0.987. The van der Waals surface area contributed by atoms with Gasteiger partial charge in [0, 0.05) is 11.3 Å². The van der Waals surface area contributed by atoms with E-state index in [1.807, 2.05) is 18.2 Å². The number of benzene rings is 1. The molecular weight excluding hydrogens is 228 g/mol. The first kappa shape index (κ1) is 10.7. The molecule has 0 unspecified atom stereocenters. The molecule has 1 heterocycles. The molecule has 0 atom stereocenters. The average molecular weight is 242 g/mol. The first-order valence-corrected chi connectivity index (χ1v) is 6.32. The number of aromatic amines is 1. The van der Waals surface area contributed by atoms with Crippen molar-refractivity contribution in [3.8, 4) is 11.4 Å². The number of hydrogen-bond donors (Lipinski definition) is 1. The predicted octanol–water partition coefficient (Wildman–Crippen LogP) is 3.99. The molecule has 2 aromatic rings. The summed E-state index contributed by atoms with van der Waals surface area (Å²) in [7, 11) is 0. The van der Waals surface area contributed by atoms with Crippen molar-refractivity contribution in [3.63, 3.8) is 0 Å². The zero-order valence-corrected chi connectivity index (χ0v) is 10.6. The van der Waals surface area contributed by atoms with Crippen molar-refractivity contribution in [2.24, 2.45) is 0 Å². The zero-order chi connectivity index (χ0) is 11.8. The van der Waals surface area contributed by atoms with Gasteiger partial charge in [-0.2, -0.15) is 0 Å². The van der Waals surface area contributed by atoms with E-state index in [-0.39, 0.29) is 0 Å². The summed E-state index contributed by atoms with van der Waals surface area (Å²) in [6, 6.07) is 10.2. The molecule has 2 nitrogen and oxygen atoms in total. The normalized spacial score (nSPS) is 14.9. The second-order valence-corrected chi connectivity index (χ2v) is 5.03. The van der Waals surface area contributed by atoms with Gasteiger partial charge in [-0.25, -0.2) is 4.98 Å². The molecule has 3 heteroatoms. The fourth-order valence-corrected chi connectivity index (χ4v) is 2.27. The van der Waals surface area contributed by atoms with Crippen LogP contribution in [0.15, 0.2) is 30.3 Å². The number of nitrogens with zero attached hydrogens (tertiary/aromatic N) is 1. The Bertz CT molecular complexity index is 612. The summed E-state index contributed by atoms with van der Waals surface area (Å²) in [6.07, 6.45) is 2.53. The third-order valence-electron chi connectivity index (χ3n) is 3.18. The Labute approximate surface area is 106 Å². The lowest BCUT2D eigenvalue weighted by Crippen LogP contribution is -1.96. The van der Waals surface area contributed by atoms with Gasteiger partial charge in [-0.15, -0.1) is 0 Å². The molecule has 1 aromatic heterocycles. The second-order valence-electron chi connectivity index (χ2n) is 4.61. The summed E-state index contributed by atoms with van der Waals surface area (Å²) in [4.78, 5) is 7.86. The highest BCUT2D eigenvalue weighted by Gasteiger charge is 2.24. The summed E-state index contributed by atoms with van der Waals surface area (Å²) in [5.41, 5.74) is 3.60. The van der Waals surface area contributed by atoms with E-state index in [4.69, 9.17) is 12.2 Å². The summed E-state index contributed by atoms with van der Waals surface area (Å²) >= 11 is 5.25. The topological polar surface area (TPSA) is 28.7 Å². The fourth-order valence-electron chi connectivity index (χ4n) is 2.06. The van der Waals surface area contributed by atoms with E-state index in [1.165, 1.54) is 24.1 Å². The summed E-state index contributed by atoms with van der Waals surface area (Å²) in [6.45, 7) is 2.09. The van der Waals surface area contributed by atoms with Gasteiger partial charge in [0.1, 0.15) is 10.5 Å². The van der Waals surface area contributed by atoms with E-state index in [0.717, 1.165) is 11.4 Å². The Morgan fingerprint density at radius 3 is 2.76 bits per heavy atom. The van der Waals surface area contributed by atoms with Crippen LogP contribution in [0.2, 0.25) is 0 Å². The molecule has 0 radical (unpaired) electrons.